The average molecular weight is 425 g/mol. The summed E-state index contributed by atoms with van der Waals surface area (Å²) in [6.45, 7) is 18.3. The molecule has 0 radical (unpaired) electrons. The second kappa shape index (κ2) is 9.25. The summed E-state index contributed by atoms with van der Waals surface area (Å²) in [5, 5.41) is 5.41. The first-order valence-corrected chi connectivity index (χ1v) is 19.1. The van der Waals surface area contributed by atoms with Crippen LogP contribution in [0.1, 0.15) is 27.2 Å². The number of hydrogen-bond donors (Lipinski definition) is 0. The molecule has 5 heteroatoms. The Hall–Kier alpha value is -0.0403. The van der Waals surface area contributed by atoms with E-state index in [2.05, 4.69) is 62.8 Å². The normalized spacial score (nSPS) is 18.0. The molecule has 0 unspecified atom stereocenters. The van der Waals surface area contributed by atoms with Crippen molar-refractivity contribution in [2.24, 2.45) is 0 Å². The molecule has 1 saturated heterocycles. The fourth-order valence-electron chi connectivity index (χ4n) is 4.20. The average Bonchev–Trinajstić information content (AvgIpc) is 3.10. The summed E-state index contributed by atoms with van der Waals surface area (Å²) < 4.78 is 7.99. The molecule has 1 aromatic rings. The summed E-state index contributed by atoms with van der Waals surface area (Å²) in [4.78, 5) is 5.08. The summed E-state index contributed by atoms with van der Waals surface area (Å²) >= 11 is -1.94. The summed E-state index contributed by atoms with van der Waals surface area (Å²) in [7, 11) is 0.784. The van der Waals surface area contributed by atoms with Crippen molar-refractivity contribution in [1.82, 2.24) is 9.80 Å². The minimum atomic E-state index is -1.94. The van der Waals surface area contributed by atoms with E-state index in [9.17, 15) is 0 Å². The summed E-state index contributed by atoms with van der Waals surface area (Å²) in [5.74, 6) is 0. The van der Waals surface area contributed by atoms with Crippen LogP contribution in [0.4, 0.5) is 0 Å². The van der Waals surface area contributed by atoms with Gasteiger partial charge in [0.25, 0.3) is 0 Å². The SMILES string of the molecule is C[CH2][Ge]([CH2]C)([CH2]C)[c]1ccc([Si](C)(C)CCCN2CCN(C)CC2)o1. The van der Waals surface area contributed by atoms with Gasteiger partial charge in [-0.25, -0.2) is 0 Å². The van der Waals surface area contributed by atoms with Crippen molar-refractivity contribution in [1.29, 1.82) is 0 Å². The zero-order valence-corrected chi connectivity index (χ0v) is 20.6. The molecule has 1 aliphatic rings. The van der Waals surface area contributed by atoms with E-state index in [0.29, 0.717) is 0 Å². The van der Waals surface area contributed by atoms with Crippen molar-refractivity contribution in [3.8, 4) is 0 Å². The Morgan fingerprint density at radius 3 is 2.16 bits per heavy atom. The van der Waals surface area contributed by atoms with Gasteiger partial charge >= 0.3 is 160 Å². The predicted octanol–water partition coefficient (Wildman–Crippen LogP) is 3.55. The van der Waals surface area contributed by atoms with Gasteiger partial charge in [0.2, 0.25) is 0 Å². The van der Waals surface area contributed by atoms with Crippen LogP contribution in [0.2, 0.25) is 34.9 Å². The standard InChI is InChI=1S/C20H40GeN2OSi/c1-7-21(8-2,9-3)19-11-12-20(24-19)25(5,6)18-10-13-23-16-14-22(4)15-17-23/h11-12H,7-10,13-18H2,1-6H3. The molecule has 3 nitrogen and oxygen atoms in total. The van der Waals surface area contributed by atoms with E-state index in [1.807, 2.05) is 0 Å². The van der Waals surface area contributed by atoms with Gasteiger partial charge < -0.3 is 0 Å². The first-order chi connectivity index (χ1) is 11.9. The molecule has 0 aromatic carbocycles. The van der Waals surface area contributed by atoms with E-state index in [4.69, 9.17) is 4.42 Å². The molecule has 1 fully saturated rings. The Balaban J connectivity index is 1.93. The third-order valence-electron chi connectivity index (χ3n) is 6.70. The number of rotatable bonds is 9. The van der Waals surface area contributed by atoms with Crippen LogP contribution in [0.25, 0.3) is 0 Å². The first-order valence-electron chi connectivity index (χ1n) is 10.4. The van der Waals surface area contributed by atoms with E-state index in [0.717, 1.165) is 0 Å². The molecule has 0 amide bonds. The van der Waals surface area contributed by atoms with Gasteiger partial charge in [0.15, 0.2) is 0 Å². The number of nitrogens with zero attached hydrogens (tertiary/aromatic N) is 2. The van der Waals surface area contributed by atoms with Gasteiger partial charge in [-0.05, 0) is 0 Å². The molecule has 0 bridgehead atoms. The fourth-order valence-corrected chi connectivity index (χ4v) is 13.6. The fraction of sp³-hybridized carbons (Fsp3) is 0.800. The maximum atomic E-state index is 6.57. The van der Waals surface area contributed by atoms with Crippen LogP contribution < -0.4 is 9.98 Å². The van der Waals surface area contributed by atoms with Crippen molar-refractivity contribution < 1.29 is 4.42 Å². The van der Waals surface area contributed by atoms with E-state index >= 15 is 0 Å². The molecule has 0 saturated carbocycles. The van der Waals surface area contributed by atoms with Crippen molar-refractivity contribution in [2.75, 3.05) is 39.8 Å². The molecular formula is C20H40GeN2OSi. The number of likely N-dealkylation sites (N-methyl/N-ethyl adjacent to an activating group) is 1. The van der Waals surface area contributed by atoms with Crippen molar-refractivity contribution in [3.05, 3.63) is 12.1 Å². The Kier molecular flexibility index (Phi) is 7.86. The summed E-state index contributed by atoms with van der Waals surface area (Å²) in [5.41, 5.74) is 0. The second-order valence-corrected chi connectivity index (χ2v) is 24.3. The van der Waals surface area contributed by atoms with Gasteiger partial charge in [-0.2, -0.15) is 0 Å². The van der Waals surface area contributed by atoms with Gasteiger partial charge in [0.1, 0.15) is 0 Å². The van der Waals surface area contributed by atoms with E-state index < -0.39 is 21.3 Å². The Bertz CT molecular complexity index is 511. The summed E-state index contributed by atoms with van der Waals surface area (Å²) in [6, 6.07) is 6.05. The molecule has 25 heavy (non-hydrogen) atoms. The van der Waals surface area contributed by atoms with Crippen molar-refractivity contribution in [2.45, 2.75) is 62.1 Å². The third kappa shape index (κ3) is 5.24. The maximum absolute atomic E-state index is 6.57. The first kappa shape index (κ1) is 21.3. The number of hydrogen-bond acceptors (Lipinski definition) is 3. The minimum absolute atomic E-state index is 1.22. The Morgan fingerprint density at radius 2 is 1.60 bits per heavy atom. The second-order valence-electron chi connectivity index (χ2n) is 8.64. The molecule has 144 valence electrons. The van der Waals surface area contributed by atoms with E-state index in [1.54, 1.807) is 0 Å². The number of furan rings is 1. The van der Waals surface area contributed by atoms with Crippen LogP contribution in [-0.4, -0.2) is 70.9 Å². The van der Waals surface area contributed by atoms with Gasteiger partial charge in [-0.15, -0.1) is 0 Å². The molecule has 0 N–H and O–H groups in total. The monoisotopic (exact) mass is 426 g/mol. The quantitative estimate of drug-likeness (QED) is 0.565. The molecule has 0 atom stereocenters. The van der Waals surface area contributed by atoms with E-state index in [1.165, 1.54) is 70.9 Å². The zero-order chi connectivity index (χ0) is 18.5. The van der Waals surface area contributed by atoms with Gasteiger partial charge in [0.05, 0.1) is 0 Å². The molecule has 0 aliphatic carbocycles. The van der Waals surface area contributed by atoms with Crippen LogP contribution in [-0.2, 0) is 0 Å². The van der Waals surface area contributed by atoms with Gasteiger partial charge in [0, 0.05) is 0 Å². The van der Waals surface area contributed by atoms with Crippen molar-refractivity contribution >= 4 is 31.3 Å². The molecule has 1 aromatic heterocycles. The van der Waals surface area contributed by atoms with Gasteiger partial charge in [-0.1, -0.05) is 0 Å². The van der Waals surface area contributed by atoms with E-state index in [-0.39, 0.29) is 0 Å². The molecule has 2 rings (SSSR count). The van der Waals surface area contributed by atoms with Crippen LogP contribution in [0, 0.1) is 0 Å². The topological polar surface area (TPSA) is 19.6 Å². The Morgan fingerprint density at radius 1 is 1.00 bits per heavy atom. The van der Waals surface area contributed by atoms with Gasteiger partial charge in [-0.3, -0.25) is 0 Å². The van der Waals surface area contributed by atoms with Crippen LogP contribution in [0.15, 0.2) is 16.5 Å². The van der Waals surface area contributed by atoms with Crippen LogP contribution >= 0.6 is 0 Å². The summed E-state index contributed by atoms with van der Waals surface area (Å²) in [6.07, 6.45) is 1.32. The zero-order valence-electron chi connectivity index (χ0n) is 17.5. The number of piperazine rings is 1. The third-order valence-corrected chi connectivity index (χ3v) is 21.2. The Labute approximate surface area is 159 Å². The van der Waals surface area contributed by atoms with Crippen LogP contribution in [0.5, 0.6) is 0 Å². The predicted molar refractivity (Wildman–Crippen MR) is 116 cm³/mol. The van der Waals surface area contributed by atoms with Crippen molar-refractivity contribution in [3.63, 3.8) is 0 Å². The molecule has 1 aliphatic heterocycles. The van der Waals surface area contributed by atoms with Crippen LogP contribution in [0.3, 0.4) is 0 Å². The molecule has 2 heterocycles. The molecular weight excluding hydrogens is 385 g/mol. The molecule has 0 spiro atoms.